The molecule has 7 nitrogen and oxygen atoms in total. The number of nitrogens with one attached hydrogen (secondary N) is 2. The van der Waals surface area contributed by atoms with Crippen LogP contribution in [-0.4, -0.2) is 35.1 Å². The normalized spacial score (nSPS) is 11.7. The molecule has 1 aromatic heterocycles. The number of imidazole rings is 1. The number of carbonyl (C=O) groups is 2. The maximum atomic E-state index is 12.6. The zero-order valence-corrected chi connectivity index (χ0v) is 17.1. The highest BCUT2D eigenvalue weighted by Gasteiger charge is 2.20. The van der Waals surface area contributed by atoms with E-state index >= 15 is 0 Å². The number of aromatic nitrogens is 2. The zero-order chi connectivity index (χ0) is 21.8. The van der Waals surface area contributed by atoms with Crippen LogP contribution in [0.3, 0.4) is 0 Å². The van der Waals surface area contributed by atoms with E-state index in [4.69, 9.17) is 9.47 Å². The molecule has 0 saturated heterocycles. The van der Waals surface area contributed by atoms with Crippen molar-refractivity contribution in [3.63, 3.8) is 0 Å². The van der Waals surface area contributed by atoms with Crippen LogP contribution in [0.5, 0.6) is 5.75 Å². The Kier molecular flexibility index (Phi) is 5.66. The molecule has 0 aliphatic heterocycles. The van der Waals surface area contributed by atoms with Gasteiger partial charge in [-0.3, -0.25) is 4.79 Å². The molecule has 7 heteroatoms. The van der Waals surface area contributed by atoms with Crippen molar-refractivity contribution in [2.24, 2.45) is 0 Å². The predicted molar refractivity (Wildman–Crippen MR) is 118 cm³/mol. The summed E-state index contributed by atoms with van der Waals surface area (Å²) in [5.41, 5.74) is 3.32. The van der Waals surface area contributed by atoms with Crippen molar-refractivity contribution >= 4 is 28.6 Å². The highest BCUT2D eigenvalue weighted by Crippen LogP contribution is 2.22. The van der Waals surface area contributed by atoms with E-state index in [9.17, 15) is 9.59 Å². The van der Waals surface area contributed by atoms with Gasteiger partial charge in [-0.1, -0.05) is 30.3 Å². The number of aromatic amines is 1. The first-order valence-corrected chi connectivity index (χ1v) is 9.74. The number of amides is 1. The number of carbonyl (C=O) groups excluding carboxylic acids is 2. The van der Waals surface area contributed by atoms with Crippen LogP contribution in [0, 0.1) is 0 Å². The monoisotopic (exact) mass is 415 g/mol. The fourth-order valence-corrected chi connectivity index (χ4v) is 3.07. The maximum absolute atomic E-state index is 12.6. The maximum Gasteiger partial charge on any atom is 0.338 e. The molecule has 1 atom stereocenters. The molecule has 0 radical (unpaired) electrons. The molecule has 1 unspecified atom stereocenters. The summed E-state index contributed by atoms with van der Waals surface area (Å²) in [5, 5.41) is 2.71. The average Bonchev–Trinajstić information content (AvgIpc) is 3.23. The Morgan fingerprint density at radius 1 is 1.00 bits per heavy atom. The molecule has 156 valence electrons. The quantitative estimate of drug-likeness (QED) is 0.455. The van der Waals surface area contributed by atoms with Gasteiger partial charge >= 0.3 is 5.97 Å². The van der Waals surface area contributed by atoms with Gasteiger partial charge in [-0.05, 0) is 49.4 Å². The Morgan fingerprint density at radius 3 is 2.45 bits per heavy atom. The lowest BCUT2D eigenvalue weighted by Gasteiger charge is -2.14. The van der Waals surface area contributed by atoms with Crippen LogP contribution in [0.2, 0.25) is 0 Å². The van der Waals surface area contributed by atoms with Crippen LogP contribution in [0.1, 0.15) is 17.3 Å². The van der Waals surface area contributed by atoms with Crippen LogP contribution in [0.4, 0.5) is 5.69 Å². The zero-order valence-electron chi connectivity index (χ0n) is 17.1. The van der Waals surface area contributed by atoms with E-state index in [1.807, 2.05) is 30.3 Å². The van der Waals surface area contributed by atoms with Gasteiger partial charge in [0.1, 0.15) is 11.6 Å². The van der Waals surface area contributed by atoms with E-state index in [0.717, 1.165) is 11.1 Å². The van der Waals surface area contributed by atoms with Gasteiger partial charge in [0.2, 0.25) is 0 Å². The summed E-state index contributed by atoms with van der Waals surface area (Å²) in [5.74, 6) is 0.387. The average molecular weight is 415 g/mol. The number of H-pyrrole nitrogens is 1. The number of methoxy groups -OCH3 is 1. The molecule has 3 aromatic carbocycles. The van der Waals surface area contributed by atoms with E-state index in [1.165, 1.54) is 6.92 Å². The Labute approximate surface area is 179 Å². The van der Waals surface area contributed by atoms with Gasteiger partial charge in [-0.15, -0.1) is 0 Å². The van der Waals surface area contributed by atoms with E-state index in [2.05, 4.69) is 15.3 Å². The molecule has 0 aliphatic rings. The van der Waals surface area contributed by atoms with Crippen molar-refractivity contribution in [2.75, 3.05) is 12.4 Å². The van der Waals surface area contributed by atoms with Crippen LogP contribution in [-0.2, 0) is 9.53 Å². The van der Waals surface area contributed by atoms with Crippen LogP contribution < -0.4 is 10.1 Å². The lowest BCUT2D eigenvalue weighted by molar-refractivity contribution is -0.123. The first-order chi connectivity index (χ1) is 15.0. The Bertz CT molecular complexity index is 1220. The van der Waals surface area contributed by atoms with Crippen molar-refractivity contribution in [1.29, 1.82) is 0 Å². The molecule has 4 rings (SSSR count). The fourth-order valence-electron chi connectivity index (χ4n) is 3.07. The minimum atomic E-state index is -0.966. The van der Waals surface area contributed by atoms with E-state index in [0.29, 0.717) is 28.3 Å². The smallest absolute Gasteiger partial charge is 0.338 e. The minimum Gasteiger partial charge on any atom is -0.497 e. The number of hydrogen-bond acceptors (Lipinski definition) is 5. The van der Waals surface area contributed by atoms with Crippen LogP contribution >= 0.6 is 0 Å². The van der Waals surface area contributed by atoms with Crippen LogP contribution in [0.25, 0.3) is 22.4 Å². The molecule has 0 spiro atoms. The van der Waals surface area contributed by atoms with Gasteiger partial charge in [0, 0.05) is 11.3 Å². The van der Waals surface area contributed by atoms with Gasteiger partial charge in [-0.25, -0.2) is 9.78 Å². The minimum absolute atomic E-state index is 0.333. The second-order valence-corrected chi connectivity index (χ2v) is 6.95. The molecule has 1 amide bonds. The van der Waals surface area contributed by atoms with Gasteiger partial charge in [0.05, 0.1) is 23.7 Å². The van der Waals surface area contributed by atoms with Crippen molar-refractivity contribution in [2.45, 2.75) is 13.0 Å². The predicted octanol–water partition coefficient (Wildman–Crippen LogP) is 4.42. The SMILES string of the molecule is COc1ccc(NC(=O)C(C)OC(=O)c2ccc3nc(-c4ccccc4)[nH]c3c2)cc1. The third-order valence-corrected chi connectivity index (χ3v) is 4.78. The Morgan fingerprint density at radius 2 is 1.74 bits per heavy atom. The third kappa shape index (κ3) is 4.56. The topological polar surface area (TPSA) is 93.3 Å². The Balaban J connectivity index is 1.43. The summed E-state index contributed by atoms with van der Waals surface area (Å²) in [7, 11) is 1.57. The summed E-state index contributed by atoms with van der Waals surface area (Å²) in [6.07, 6.45) is -0.966. The number of benzene rings is 3. The van der Waals surface area contributed by atoms with Gasteiger partial charge in [0.25, 0.3) is 5.91 Å². The van der Waals surface area contributed by atoms with Crippen molar-refractivity contribution in [3.8, 4) is 17.1 Å². The number of fused-ring (bicyclic) bond motifs is 1. The van der Waals surface area contributed by atoms with Crippen molar-refractivity contribution < 1.29 is 19.1 Å². The van der Waals surface area contributed by atoms with E-state index in [1.54, 1.807) is 49.6 Å². The molecule has 0 bridgehead atoms. The standard InChI is InChI=1S/C24H21N3O4/c1-15(23(28)25-18-9-11-19(30-2)12-10-18)31-24(29)17-8-13-20-21(14-17)27-22(26-20)16-6-4-3-5-7-16/h3-15H,1-2H3,(H,25,28)(H,26,27). The molecule has 0 saturated carbocycles. The Hall–Kier alpha value is -4.13. The number of ether oxygens (including phenoxy) is 2. The summed E-state index contributed by atoms with van der Waals surface area (Å²) in [6, 6.07) is 21.6. The molecular weight excluding hydrogens is 394 g/mol. The number of nitrogens with zero attached hydrogens (tertiary/aromatic N) is 1. The molecule has 1 heterocycles. The highest BCUT2D eigenvalue weighted by molar-refractivity contribution is 5.98. The largest absolute Gasteiger partial charge is 0.497 e. The molecule has 0 aliphatic carbocycles. The van der Waals surface area contributed by atoms with Gasteiger partial charge in [0.15, 0.2) is 6.10 Å². The van der Waals surface area contributed by atoms with Gasteiger partial charge in [-0.2, -0.15) is 0 Å². The van der Waals surface area contributed by atoms with E-state index < -0.39 is 18.0 Å². The lowest BCUT2D eigenvalue weighted by Crippen LogP contribution is -2.30. The second-order valence-electron chi connectivity index (χ2n) is 6.95. The van der Waals surface area contributed by atoms with Crippen molar-refractivity contribution in [1.82, 2.24) is 9.97 Å². The lowest BCUT2D eigenvalue weighted by atomic mass is 10.2. The number of hydrogen-bond donors (Lipinski definition) is 2. The third-order valence-electron chi connectivity index (χ3n) is 4.78. The van der Waals surface area contributed by atoms with E-state index in [-0.39, 0.29) is 0 Å². The second kappa shape index (κ2) is 8.71. The highest BCUT2D eigenvalue weighted by atomic mass is 16.5. The summed E-state index contributed by atoms with van der Waals surface area (Å²) in [4.78, 5) is 32.7. The molecule has 4 aromatic rings. The first-order valence-electron chi connectivity index (χ1n) is 9.74. The fraction of sp³-hybridized carbons (Fsp3) is 0.125. The molecule has 31 heavy (non-hydrogen) atoms. The molecular formula is C24H21N3O4. The van der Waals surface area contributed by atoms with Crippen molar-refractivity contribution in [3.05, 3.63) is 78.4 Å². The first kappa shape index (κ1) is 20.2. The van der Waals surface area contributed by atoms with Gasteiger partial charge < -0.3 is 19.8 Å². The summed E-state index contributed by atoms with van der Waals surface area (Å²) < 4.78 is 10.4. The number of rotatable bonds is 6. The van der Waals surface area contributed by atoms with Crippen LogP contribution in [0.15, 0.2) is 72.8 Å². The summed E-state index contributed by atoms with van der Waals surface area (Å²) >= 11 is 0. The summed E-state index contributed by atoms with van der Waals surface area (Å²) in [6.45, 7) is 1.53. The number of anilines is 1. The molecule has 0 fully saturated rings. The molecule has 2 N–H and O–H groups in total. The number of esters is 1.